The van der Waals surface area contributed by atoms with Gasteiger partial charge in [0.1, 0.15) is 70.3 Å². The van der Waals surface area contributed by atoms with Gasteiger partial charge in [-0.3, -0.25) is 14.4 Å². The normalized spacial score (nSPS) is 15.9. The summed E-state index contributed by atoms with van der Waals surface area (Å²) in [5.74, 6) is 6.64. The Hall–Kier alpha value is -11.3. The number of ether oxygens (including phenoxy) is 3. The van der Waals surface area contributed by atoms with Crippen molar-refractivity contribution in [2.24, 2.45) is 0 Å². The molecule has 27 heteroatoms. The van der Waals surface area contributed by atoms with Crippen LogP contribution in [-0.4, -0.2) is 176 Å². The molecule has 3 aliphatic heterocycles. The minimum absolute atomic E-state index is 0.0661. The maximum atomic E-state index is 12.3. The van der Waals surface area contributed by atoms with Gasteiger partial charge in [-0.25, -0.2) is 15.0 Å². The van der Waals surface area contributed by atoms with Crippen LogP contribution in [0.3, 0.4) is 0 Å². The highest BCUT2D eigenvalue weighted by molar-refractivity contribution is 5.89. The van der Waals surface area contributed by atoms with Crippen molar-refractivity contribution in [3.8, 4) is 17.2 Å². The molecule has 27 nitrogen and oxygen atoms in total. The molecule has 6 aromatic heterocycles. The molecule has 0 saturated carbocycles. The molecular formula is C66H81N21O6. The van der Waals surface area contributed by atoms with Gasteiger partial charge in [0.05, 0.1) is 72.2 Å². The third-order valence-electron chi connectivity index (χ3n) is 15.8. The van der Waals surface area contributed by atoms with E-state index in [9.17, 15) is 14.4 Å². The number of likely N-dealkylation sites (N-methyl/N-ethyl adjacent to an activating group) is 3. The number of nitrogens with one attached hydrogen (secondary N) is 9. The van der Waals surface area contributed by atoms with E-state index in [0.717, 1.165) is 107 Å². The fourth-order valence-electron chi connectivity index (χ4n) is 11.0. The average Bonchev–Trinajstić information content (AvgIpc) is 1.71. The van der Waals surface area contributed by atoms with Crippen LogP contribution in [0.15, 0.2) is 129 Å². The zero-order valence-electron chi connectivity index (χ0n) is 53.9. The van der Waals surface area contributed by atoms with Gasteiger partial charge in [-0.2, -0.15) is 28.8 Å². The predicted octanol–water partition coefficient (Wildman–Crippen LogP) is 8.11. The maximum absolute atomic E-state index is 12.3. The predicted molar refractivity (Wildman–Crippen MR) is 365 cm³/mol. The van der Waals surface area contributed by atoms with Crippen molar-refractivity contribution >= 4 is 104 Å². The third kappa shape index (κ3) is 14.4. The standard InChI is InChI=1S/3C22H27N7O2/c3*1-5-31-18-9-7-6-8-16(18)26-19-12-20(23-3)29-21(27-19)15(13-24-29)14(2)25-17-10-11-28(4)22(17)30/h3*6-9,12-13,17,23,25H,2,5,10-11H2,1,3-4H3,(H,26,27)/t2*17-;/m10./s1. The van der Waals surface area contributed by atoms with Gasteiger partial charge in [-0.15, -0.1) is 0 Å². The van der Waals surface area contributed by atoms with Gasteiger partial charge < -0.3 is 76.8 Å². The van der Waals surface area contributed by atoms with Crippen LogP contribution in [0.5, 0.6) is 17.2 Å². The topological polar surface area (TPSA) is 287 Å². The summed E-state index contributed by atoms with van der Waals surface area (Å²) in [5.41, 5.74) is 8.39. The number of carbonyl (C=O) groups is 3. The number of nitrogens with zero attached hydrogens (tertiary/aromatic N) is 12. The number of hydrogen-bond donors (Lipinski definition) is 9. The maximum Gasteiger partial charge on any atom is 0.244 e. The highest BCUT2D eigenvalue weighted by atomic mass is 16.5. The van der Waals surface area contributed by atoms with Crippen molar-refractivity contribution in [1.82, 2.24) is 74.4 Å². The van der Waals surface area contributed by atoms with Gasteiger partial charge in [0.15, 0.2) is 16.9 Å². The van der Waals surface area contributed by atoms with Crippen molar-refractivity contribution in [2.75, 3.05) is 114 Å². The molecule has 9 heterocycles. The monoisotopic (exact) mass is 1260 g/mol. The van der Waals surface area contributed by atoms with E-state index in [1.165, 1.54) is 0 Å². The molecule has 3 saturated heterocycles. The number of rotatable bonds is 24. The largest absolute Gasteiger partial charge is 0.492 e. The van der Waals surface area contributed by atoms with Crippen LogP contribution in [-0.2, 0) is 14.4 Å². The van der Waals surface area contributed by atoms with Crippen molar-refractivity contribution in [2.45, 2.75) is 58.2 Å². The van der Waals surface area contributed by atoms with Crippen LogP contribution in [0.2, 0.25) is 0 Å². The fourth-order valence-corrected chi connectivity index (χ4v) is 11.0. The molecule has 93 heavy (non-hydrogen) atoms. The first-order chi connectivity index (χ1) is 45.0. The molecule has 3 aliphatic rings. The summed E-state index contributed by atoms with van der Waals surface area (Å²) in [5, 5.41) is 42.6. The van der Waals surface area contributed by atoms with Gasteiger partial charge in [-0.1, -0.05) is 56.1 Å². The lowest BCUT2D eigenvalue weighted by Gasteiger charge is -2.16. The van der Waals surface area contributed by atoms with Crippen LogP contribution in [0, 0.1) is 0 Å². The van der Waals surface area contributed by atoms with Crippen LogP contribution in [0.25, 0.3) is 34.0 Å². The second kappa shape index (κ2) is 29.1. The molecule has 0 radical (unpaired) electrons. The molecule has 3 fully saturated rings. The number of hydrogen-bond acceptors (Lipinski definition) is 21. The van der Waals surface area contributed by atoms with Crippen molar-refractivity contribution < 1.29 is 28.6 Å². The quantitative estimate of drug-likeness (QED) is 0.0276. The Balaban J connectivity index is 0.000000153. The van der Waals surface area contributed by atoms with E-state index in [-0.39, 0.29) is 35.8 Å². The molecule has 0 aliphatic carbocycles. The Labute approximate surface area is 539 Å². The fraction of sp³-hybridized carbons (Fsp3) is 0.318. The lowest BCUT2D eigenvalue weighted by molar-refractivity contribution is -0.128. The molecule has 12 rings (SSSR count). The Morgan fingerprint density at radius 2 is 0.720 bits per heavy atom. The minimum atomic E-state index is -0.282. The van der Waals surface area contributed by atoms with E-state index < -0.39 is 0 Å². The summed E-state index contributed by atoms with van der Waals surface area (Å²) in [6.45, 7) is 22.2. The molecule has 1 unspecified atom stereocenters. The molecule has 0 bridgehead atoms. The Bertz CT molecular complexity index is 3790. The number of likely N-dealkylation sites (tertiary alicyclic amines) is 3. The number of anilines is 9. The van der Waals surface area contributed by atoms with Crippen molar-refractivity contribution in [3.05, 3.63) is 146 Å². The zero-order chi connectivity index (χ0) is 65.9. The summed E-state index contributed by atoms with van der Waals surface area (Å²) in [6.07, 6.45) is 7.34. The molecule has 9 aromatic rings. The van der Waals surface area contributed by atoms with E-state index in [1.807, 2.05) is 133 Å². The van der Waals surface area contributed by atoms with Crippen molar-refractivity contribution in [3.63, 3.8) is 0 Å². The summed E-state index contributed by atoms with van der Waals surface area (Å²) in [6, 6.07) is 27.9. The molecule has 9 N–H and O–H groups in total. The SMILES string of the molecule is C=C(NC1CCN(C)C1=O)c1cnn2c(NC)cc(Nc3ccccc3OCC)nc12.C=C(N[C@@H]1CCN(C)C1=O)c1cnn2c(NC)cc(Nc3ccccc3OCC)nc12.C=C(N[C@H]1CCN(C)C1=O)c1cnn2c(NC)cc(Nc3ccccc3OCC)nc12. The van der Waals surface area contributed by atoms with Crippen LogP contribution in [0.1, 0.15) is 56.7 Å². The van der Waals surface area contributed by atoms with Crippen molar-refractivity contribution in [1.29, 1.82) is 0 Å². The highest BCUT2D eigenvalue weighted by Gasteiger charge is 2.33. The van der Waals surface area contributed by atoms with Crippen LogP contribution < -0.4 is 62.1 Å². The number of benzene rings is 3. The van der Waals surface area contributed by atoms with E-state index in [2.05, 4.69) is 82.9 Å². The first-order valence-corrected chi connectivity index (χ1v) is 30.8. The van der Waals surface area contributed by atoms with Crippen LogP contribution >= 0.6 is 0 Å². The first-order valence-electron chi connectivity index (χ1n) is 30.8. The van der Waals surface area contributed by atoms with E-state index in [4.69, 9.17) is 29.2 Å². The molecule has 3 amide bonds. The molecular weight excluding hydrogens is 1180 g/mol. The third-order valence-corrected chi connectivity index (χ3v) is 15.8. The number of carbonyl (C=O) groups excluding carboxylic acids is 3. The average molecular weight is 1260 g/mol. The van der Waals surface area contributed by atoms with Gasteiger partial charge in [-0.05, 0) is 76.4 Å². The Morgan fingerprint density at radius 1 is 0.452 bits per heavy atom. The summed E-state index contributed by atoms with van der Waals surface area (Å²) in [4.78, 5) is 56.3. The zero-order valence-corrected chi connectivity index (χ0v) is 53.9. The smallest absolute Gasteiger partial charge is 0.244 e. The minimum Gasteiger partial charge on any atom is -0.492 e. The highest BCUT2D eigenvalue weighted by Crippen LogP contribution is 2.34. The molecule has 0 spiro atoms. The number of aromatic nitrogens is 9. The second-order valence-electron chi connectivity index (χ2n) is 22.0. The Kier molecular flexibility index (Phi) is 20.3. The first kappa shape index (κ1) is 64.7. The molecule has 3 atom stereocenters. The number of amides is 3. The van der Waals surface area contributed by atoms with Crippen LogP contribution in [0.4, 0.5) is 52.0 Å². The van der Waals surface area contributed by atoms with E-state index in [1.54, 1.807) is 68.0 Å². The lowest BCUT2D eigenvalue weighted by atomic mass is 10.2. The van der Waals surface area contributed by atoms with Gasteiger partial charge in [0.25, 0.3) is 0 Å². The molecule has 486 valence electrons. The van der Waals surface area contributed by atoms with E-state index >= 15 is 0 Å². The summed E-state index contributed by atoms with van der Waals surface area (Å²) < 4.78 is 22.3. The van der Waals surface area contributed by atoms with Gasteiger partial charge in [0.2, 0.25) is 17.7 Å². The lowest BCUT2D eigenvalue weighted by Crippen LogP contribution is -2.35. The molecule has 3 aromatic carbocycles. The Morgan fingerprint density at radius 3 is 0.957 bits per heavy atom. The number of fused-ring (bicyclic) bond motifs is 3. The summed E-state index contributed by atoms with van der Waals surface area (Å²) >= 11 is 0. The van der Waals surface area contributed by atoms with Gasteiger partial charge >= 0.3 is 0 Å². The number of para-hydroxylation sites is 6. The summed E-state index contributed by atoms with van der Waals surface area (Å²) in [7, 11) is 10.9. The van der Waals surface area contributed by atoms with E-state index in [0.29, 0.717) is 71.3 Å². The van der Waals surface area contributed by atoms with Gasteiger partial charge in [0, 0.05) is 97.2 Å². The second-order valence-corrected chi connectivity index (χ2v) is 22.0.